The second-order valence-electron chi connectivity index (χ2n) is 6.14. The van der Waals surface area contributed by atoms with Gasteiger partial charge in [0.05, 0.1) is 7.11 Å². The Morgan fingerprint density at radius 2 is 2.17 bits per heavy atom. The van der Waals surface area contributed by atoms with Gasteiger partial charge in [0.15, 0.2) is 5.58 Å². The zero-order chi connectivity index (χ0) is 16.5. The molecule has 24 heavy (non-hydrogen) atoms. The largest absolute Gasteiger partial charge is 0.497 e. The van der Waals surface area contributed by atoms with Crippen molar-refractivity contribution < 1.29 is 9.15 Å². The Balaban J connectivity index is 1.59. The van der Waals surface area contributed by atoms with E-state index in [4.69, 9.17) is 9.15 Å². The molecule has 4 rings (SSSR count). The first-order valence-electron chi connectivity index (χ1n) is 8.22. The van der Waals surface area contributed by atoms with E-state index in [1.807, 2.05) is 37.4 Å². The summed E-state index contributed by atoms with van der Waals surface area (Å²) < 4.78 is 11.2. The molecule has 1 atom stereocenters. The molecule has 6 nitrogen and oxygen atoms in total. The van der Waals surface area contributed by atoms with E-state index in [0.717, 1.165) is 54.3 Å². The number of fused-ring (bicyclic) bond motifs is 1. The maximum Gasteiger partial charge on any atom is 0.298 e. The van der Waals surface area contributed by atoms with E-state index >= 15 is 0 Å². The first-order valence-corrected chi connectivity index (χ1v) is 8.22. The topological polar surface area (TPSA) is 64.3 Å². The molecule has 1 aliphatic heterocycles. The molecule has 124 valence electrons. The monoisotopic (exact) mass is 324 g/mol. The maximum atomic E-state index is 5.94. The van der Waals surface area contributed by atoms with Crippen molar-refractivity contribution in [1.29, 1.82) is 0 Å². The van der Waals surface area contributed by atoms with Gasteiger partial charge in [-0.25, -0.2) is 9.97 Å². The molecule has 0 amide bonds. The summed E-state index contributed by atoms with van der Waals surface area (Å²) in [6.45, 7) is 3.74. The van der Waals surface area contributed by atoms with Gasteiger partial charge in [0.25, 0.3) is 6.01 Å². The number of anilines is 1. The number of aryl methyl sites for hydroxylation is 1. The number of oxazole rings is 1. The Morgan fingerprint density at radius 1 is 1.25 bits per heavy atom. The van der Waals surface area contributed by atoms with Crippen LogP contribution in [0, 0.1) is 6.92 Å². The molecule has 1 unspecified atom stereocenters. The number of piperidine rings is 1. The van der Waals surface area contributed by atoms with Crippen molar-refractivity contribution in [1.82, 2.24) is 15.0 Å². The molecule has 0 bridgehead atoms. The number of nitrogens with zero attached hydrogens (tertiary/aromatic N) is 4. The lowest BCUT2D eigenvalue weighted by Gasteiger charge is -2.31. The predicted molar refractivity (Wildman–Crippen MR) is 91.5 cm³/mol. The van der Waals surface area contributed by atoms with Crippen molar-refractivity contribution in [3.8, 4) is 5.75 Å². The number of hydrogen-bond donors (Lipinski definition) is 0. The van der Waals surface area contributed by atoms with Crippen LogP contribution in [0.15, 0.2) is 34.9 Å². The van der Waals surface area contributed by atoms with Gasteiger partial charge >= 0.3 is 0 Å². The van der Waals surface area contributed by atoms with E-state index in [-0.39, 0.29) is 0 Å². The van der Waals surface area contributed by atoms with E-state index in [9.17, 15) is 0 Å². The molecule has 0 saturated carbocycles. The van der Waals surface area contributed by atoms with Gasteiger partial charge in [0, 0.05) is 37.0 Å². The number of rotatable bonds is 3. The third kappa shape index (κ3) is 2.79. The van der Waals surface area contributed by atoms with Crippen molar-refractivity contribution >= 4 is 17.1 Å². The summed E-state index contributed by atoms with van der Waals surface area (Å²) in [6, 6.07) is 8.38. The molecular formula is C18H20N4O2. The van der Waals surface area contributed by atoms with Gasteiger partial charge in [-0.15, -0.1) is 0 Å². The van der Waals surface area contributed by atoms with Gasteiger partial charge in [-0.3, -0.25) is 0 Å². The first kappa shape index (κ1) is 14.9. The van der Waals surface area contributed by atoms with E-state index in [1.54, 1.807) is 7.11 Å². The van der Waals surface area contributed by atoms with Crippen LogP contribution in [0.5, 0.6) is 5.75 Å². The Morgan fingerprint density at radius 3 is 3.00 bits per heavy atom. The van der Waals surface area contributed by atoms with E-state index in [0.29, 0.717) is 11.9 Å². The molecule has 3 aromatic rings. The molecular weight excluding hydrogens is 304 g/mol. The van der Waals surface area contributed by atoms with Crippen LogP contribution < -0.4 is 9.64 Å². The third-order valence-corrected chi connectivity index (χ3v) is 4.49. The van der Waals surface area contributed by atoms with Crippen molar-refractivity contribution in [2.45, 2.75) is 25.7 Å². The Labute approximate surface area is 140 Å². The maximum absolute atomic E-state index is 5.94. The molecule has 1 aliphatic rings. The van der Waals surface area contributed by atoms with Crippen molar-refractivity contribution in [2.75, 3.05) is 25.1 Å². The lowest BCUT2D eigenvalue weighted by atomic mass is 9.95. The van der Waals surface area contributed by atoms with Gasteiger partial charge in [0.1, 0.15) is 17.1 Å². The molecule has 0 aliphatic carbocycles. The highest BCUT2D eigenvalue weighted by molar-refractivity contribution is 5.76. The van der Waals surface area contributed by atoms with Crippen LogP contribution in [-0.2, 0) is 0 Å². The predicted octanol–water partition coefficient (Wildman–Crippen LogP) is 3.32. The Hall–Kier alpha value is -2.63. The van der Waals surface area contributed by atoms with Crippen molar-refractivity contribution in [2.24, 2.45) is 0 Å². The SMILES string of the molecule is COc1ccc2oc(N3CCCC(c4ccnc(C)n4)C3)nc2c1. The molecule has 6 heteroatoms. The average Bonchev–Trinajstić information content (AvgIpc) is 3.05. The zero-order valence-electron chi connectivity index (χ0n) is 13.9. The second kappa shape index (κ2) is 6.11. The Bertz CT molecular complexity index is 861. The fourth-order valence-corrected chi connectivity index (χ4v) is 3.25. The van der Waals surface area contributed by atoms with Crippen molar-refractivity contribution in [3.05, 3.63) is 42.0 Å². The molecule has 2 aromatic heterocycles. The minimum atomic E-state index is 0.380. The van der Waals surface area contributed by atoms with Gasteiger partial charge in [0.2, 0.25) is 0 Å². The summed E-state index contributed by atoms with van der Waals surface area (Å²) >= 11 is 0. The summed E-state index contributed by atoms with van der Waals surface area (Å²) in [5, 5.41) is 0. The van der Waals surface area contributed by atoms with E-state index in [2.05, 4.69) is 19.9 Å². The first-order chi connectivity index (χ1) is 11.7. The van der Waals surface area contributed by atoms with Crippen LogP contribution in [0.3, 0.4) is 0 Å². The number of aromatic nitrogens is 3. The van der Waals surface area contributed by atoms with Crippen LogP contribution in [0.2, 0.25) is 0 Å². The lowest BCUT2D eigenvalue weighted by Crippen LogP contribution is -2.34. The van der Waals surface area contributed by atoms with Crippen molar-refractivity contribution in [3.63, 3.8) is 0 Å². The zero-order valence-corrected chi connectivity index (χ0v) is 13.9. The quantitative estimate of drug-likeness (QED) is 0.736. The molecule has 0 spiro atoms. The van der Waals surface area contributed by atoms with Crippen LogP contribution in [-0.4, -0.2) is 35.2 Å². The van der Waals surface area contributed by atoms with Crippen LogP contribution in [0.25, 0.3) is 11.1 Å². The molecule has 0 N–H and O–H groups in total. The third-order valence-electron chi connectivity index (χ3n) is 4.49. The van der Waals surface area contributed by atoms with E-state index in [1.165, 1.54) is 0 Å². The highest BCUT2D eigenvalue weighted by Gasteiger charge is 2.25. The second-order valence-corrected chi connectivity index (χ2v) is 6.14. The Kier molecular flexibility index (Phi) is 3.80. The van der Waals surface area contributed by atoms with Crippen LogP contribution in [0.4, 0.5) is 6.01 Å². The molecule has 1 saturated heterocycles. The number of benzene rings is 1. The lowest BCUT2D eigenvalue weighted by molar-refractivity contribution is 0.415. The molecule has 1 fully saturated rings. The summed E-state index contributed by atoms with van der Waals surface area (Å²) in [4.78, 5) is 15.6. The summed E-state index contributed by atoms with van der Waals surface area (Å²) in [7, 11) is 1.65. The fourth-order valence-electron chi connectivity index (χ4n) is 3.25. The summed E-state index contributed by atoms with van der Waals surface area (Å²) in [5.41, 5.74) is 2.71. The summed E-state index contributed by atoms with van der Waals surface area (Å²) in [6.07, 6.45) is 4.05. The average molecular weight is 324 g/mol. The minimum absolute atomic E-state index is 0.380. The minimum Gasteiger partial charge on any atom is -0.497 e. The van der Waals surface area contributed by atoms with Gasteiger partial charge in [-0.2, -0.15) is 4.98 Å². The fraction of sp³-hybridized carbons (Fsp3) is 0.389. The van der Waals surface area contributed by atoms with Gasteiger partial charge < -0.3 is 14.1 Å². The number of methoxy groups -OCH3 is 1. The normalized spacial score (nSPS) is 18.1. The summed E-state index contributed by atoms with van der Waals surface area (Å²) in [5.74, 6) is 1.99. The molecule has 3 heterocycles. The van der Waals surface area contributed by atoms with Crippen LogP contribution in [0.1, 0.15) is 30.3 Å². The van der Waals surface area contributed by atoms with Gasteiger partial charge in [-0.05, 0) is 38.0 Å². The van der Waals surface area contributed by atoms with Gasteiger partial charge in [-0.1, -0.05) is 0 Å². The smallest absolute Gasteiger partial charge is 0.298 e. The van der Waals surface area contributed by atoms with E-state index < -0.39 is 0 Å². The standard InChI is InChI=1S/C18H20N4O2/c1-12-19-8-7-15(20-12)13-4-3-9-22(11-13)18-21-16-10-14(23-2)5-6-17(16)24-18/h5-8,10,13H,3-4,9,11H2,1-2H3. The molecule has 0 radical (unpaired) electrons. The number of ether oxygens (including phenoxy) is 1. The molecule has 1 aromatic carbocycles. The highest BCUT2D eigenvalue weighted by atomic mass is 16.5. The highest BCUT2D eigenvalue weighted by Crippen LogP contribution is 2.31. The number of hydrogen-bond acceptors (Lipinski definition) is 6. The van der Waals surface area contributed by atoms with Crippen LogP contribution >= 0.6 is 0 Å².